The second-order valence-corrected chi connectivity index (χ2v) is 5.71. The minimum Gasteiger partial charge on any atom is -0.468 e. The first kappa shape index (κ1) is 15.7. The third-order valence-electron chi connectivity index (χ3n) is 3.39. The first-order valence-corrected chi connectivity index (χ1v) is 8.00. The Morgan fingerprint density at radius 2 is 2.10 bits per heavy atom. The van der Waals surface area contributed by atoms with E-state index in [0.29, 0.717) is 6.54 Å². The molecular weight excluding hydrogens is 284 g/mol. The van der Waals surface area contributed by atoms with Gasteiger partial charge in [-0.1, -0.05) is 12.1 Å². The summed E-state index contributed by atoms with van der Waals surface area (Å²) in [6, 6.07) is 11.3. The molecule has 0 radical (unpaired) electrons. The van der Waals surface area contributed by atoms with Crippen LogP contribution in [0.25, 0.3) is 0 Å². The van der Waals surface area contributed by atoms with E-state index < -0.39 is 0 Å². The fourth-order valence-corrected chi connectivity index (χ4v) is 2.52. The SMILES string of the molecule is CSc1ccccc1NC(=O)C(C)N(C)Cc1ccco1. The number of carbonyl (C=O) groups excluding carboxylic acids is 1. The van der Waals surface area contributed by atoms with Crippen molar-refractivity contribution in [3.8, 4) is 0 Å². The highest BCUT2D eigenvalue weighted by Gasteiger charge is 2.19. The first-order chi connectivity index (χ1) is 10.1. The van der Waals surface area contributed by atoms with Gasteiger partial charge in [0.05, 0.1) is 24.5 Å². The Morgan fingerprint density at radius 1 is 1.33 bits per heavy atom. The zero-order valence-electron chi connectivity index (χ0n) is 12.5. The van der Waals surface area contributed by atoms with Gasteiger partial charge in [-0.15, -0.1) is 11.8 Å². The predicted octanol–water partition coefficient (Wildman–Crippen LogP) is 3.46. The normalized spacial score (nSPS) is 12.4. The van der Waals surface area contributed by atoms with Gasteiger partial charge >= 0.3 is 0 Å². The van der Waals surface area contributed by atoms with Crippen LogP contribution in [0, 0.1) is 0 Å². The number of hydrogen-bond acceptors (Lipinski definition) is 4. The molecule has 0 aliphatic carbocycles. The lowest BCUT2D eigenvalue weighted by Crippen LogP contribution is -2.39. The van der Waals surface area contributed by atoms with Crippen molar-refractivity contribution in [1.29, 1.82) is 0 Å². The van der Waals surface area contributed by atoms with E-state index in [2.05, 4.69) is 5.32 Å². The number of likely N-dealkylation sites (N-methyl/N-ethyl adjacent to an activating group) is 1. The molecule has 1 heterocycles. The predicted molar refractivity (Wildman–Crippen MR) is 86.5 cm³/mol. The minimum atomic E-state index is -0.245. The summed E-state index contributed by atoms with van der Waals surface area (Å²) in [6.07, 6.45) is 3.64. The van der Waals surface area contributed by atoms with Crippen LogP contribution in [0.5, 0.6) is 0 Å². The van der Waals surface area contributed by atoms with Crippen LogP contribution < -0.4 is 5.32 Å². The molecule has 0 aliphatic rings. The van der Waals surface area contributed by atoms with Crippen molar-refractivity contribution in [2.24, 2.45) is 0 Å². The molecule has 0 saturated carbocycles. The standard InChI is InChI=1S/C16H20N2O2S/c1-12(18(2)11-13-7-6-10-20-13)16(19)17-14-8-4-5-9-15(14)21-3/h4-10,12H,11H2,1-3H3,(H,17,19). The molecule has 1 amide bonds. The summed E-state index contributed by atoms with van der Waals surface area (Å²) >= 11 is 1.62. The number of hydrogen-bond donors (Lipinski definition) is 1. The van der Waals surface area contributed by atoms with Gasteiger partial charge in [-0.3, -0.25) is 9.69 Å². The quantitative estimate of drug-likeness (QED) is 0.830. The summed E-state index contributed by atoms with van der Waals surface area (Å²) < 4.78 is 5.31. The van der Waals surface area contributed by atoms with Crippen molar-refractivity contribution in [1.82, 2.24) is 4.90 Å². The molecule has 2 rings (SSSR count). The third kappa shape index (κ3) is 4.12. The topological polar surface area (TPSA) is 45.5 Å². The fourth-order valence-electron chi connectivity index (χ4n) is 1.97. The van der Waals surface area contributed by atoms with E-state index in [1.165, 1.54) is 0 Å². The Kier molecular flexibility index (Phi) is 5.47. The average Bonchev–Trinajstić information content (AvgIpc) is 2.99. The molecule has 1 unspecified atom stereocenters. The fraction of sp³-hybridized carbons (Fsp3) is 0.312. The van der Waals surface area contributed by atoms with Crippen LogP contribution in [-0.2, 0) is 11.3 Å². The van der Waals surface area contributed by atoms with Crippen LogP contribution in [0.4, 0.5) is 5.69 Å². The zero-order valence-corrected chi connectivity index (χ0v) is 13.3. The summed E-state index contributed by atoms with van der Waals surface area (Å²) in [5, 5.41) is 2.99. The molecular formula is C16H20N2O2S. The highest BCUT2D eigenvalue weighted by Crippen LogP contribution is 2.24. The van der Waals surface area contributed by atoms with Gasteiger partial charge in [-0.25, -0.2) is 0 Å². The van der Waals surface area contributed by atoms with E-state index in [0.717, 1.165) is 16.3 Å². The van der Waals surface area contributed by atoms with Gasteiger partial charge in [0.1, 0.15) is 5.76 Å². The molecule has 2 aromatic rings. The Labute approximate surface area is 129 Å². The van der Waals surface area contributed by atoms with E-state index in [1.807, 2.05) is 61.5 Å². The number of nitrogens with one attached hydrogen (secondary N) is 1. The van der Waals surface area contributed by atoms with Gasteiger partial charge in [0, 0.05) is 4.90 Å². The lowest BCUT2D eigenvalue weighted by molar-refractivity contribution is -0.120. The van der Waals surface area contributed by atoms with Gasteiger partial charge in [-0.05, 0) is 44.5 Å². The van der Waals surface area contributed by atoms with E-state index in [9.17, 15) is 4.79 Å². The second kappa shape index (κ2) is 7.33. The van der Waals surface area contributed by atoms with Gasteiger partial charge in [0.15, 0.2) is 0 Å². The first-order valence-electron chi connectivity index (χ1n) is 6.78. The number of amides is 1. The number of nitrogens with zero attached hydrogens (tertiary/aromatic N) is 1. The molecule has 21 heavy (non-hydrogen) atoms. The van der Waals surface area contributed by atoms with E-state index >= 15 is 0 Å². The van der Waals surface area contributed by atoms with Crippen LogP contribution >= 0.6 is 11.8 Å². The number of rotatable bonds is 6. The number of para-hydroxylation sites is 1. The maximum atomic E-state index is 12.4. The number of benzene rings is 1. The number of thioether (sulfide) groups is 1. The molecule has 1 aromatic carbocycles. The van der Waals surface area contributed by atoms with Gasteiger partial charge in [0.2, 0.25) is 5.91 Å². The van der Waals surface area contributed by atoms with Crippen molar-refractivity contribution in [2.45, 2.75) is 24.4 Å². The van der Waals surface area contributed by atoms with Gasteiger partial charge in [0.25, 0.3) is 0 Å². The van der Waals surface area contributed by atoms with Crippen molar-refractivity contribution < 1.29 is 9.21 Å². The number of carbonyl (C=O) groups is 1. The van der Waals surface area contributed by atoms with Crippen molar-refractivity contribution in [2.75, 3.05) is 18.6 Å². The Hall–Kier alpha value is -1.72. The van der Waals surface area contributed by atoms with Crippen LogP contribution in [0.2, 0.25) is 0 Å². The second-order valence-electron chi connectivity index (χ2n) is 4.86. The van der Waals surface area contributed by atoms with Crippen molar-refractivity contribution in [3.63, 3.8) is 0 Å². The largest absolute Gasteiger partial charge is 0.468 e. The number of anilines is 1. The molecule has 1 aromatic heterocycles. The van der Waals surface area contributed by atoms with E-state index in [1.54, 1.807) is 18.0 Å². The molecule has 0 bridgehead atoms. The van der Waals surface area contributed by atoms with E-state index in [-0.39, 0.29) is 11.9 Å². The Bertz CT molecular complexity index is 584. The molecule has 5 heteroatoms. The monoisotopic (exact) mass is 304 g/mol. The van der Waals surface area contributed by atoms with Crippen molar-refractivity contribution >= 4 is 23.4 Å². The summed E-state index contributed by atoms with van der Waals surface area (Å²) in [5.74, 6) is 0.826. The highest BCUT2D eigenvalue weighted by atomic mass is 32.2. The summed E-state index contributed by atoms with van der Waals surface area (Å²) in [6.45, 7) is 2.49. The molecule has 1 atom stereocenters. The van der Waals surface area contributed by atoms with Crippen LogP contribution in [0.3, 0.4) is 0 Å². The van der Waals surface area contributed by atoms with Gasteiger partial charge in [-0.2, -0.15) is 0 Å². The van der Waals surface area contributed by atoms with Crippen molar-refractivity contribution in [3.05, 3.63) is 48.4 Å². The molecule has 0 spiro atoms. The molecule has 1 N–H and O–H groups in total. The smallest absolute Gasteiger partial charge is 0.241 e. The maximum Gasteiger partial charge on any atom is 0.241 e. The Morgan fingerprint density at radius 3 is 2.76 bits per heavy atom. The average molecular weight is 304 g/mol. The Balaban J connectivity index is 1.98. The van der Waals surface area contributed by atoms with Crippen LogP contribution in [-0.4, -0.2) is 30.2 Å². The summed E-state index contributed by atoms with van der Waals surface area (Å²) in [5.41, 5.74) is 0.855. The van der Waals surface area contributed by atoms with E-state index in [4.69, 9.17) is 4.42 Å². The summed E-state index contributed by atoms with van der Waals surface area (Å²) in [4.78, 5) is 15.4. The zero-order chi connectivity index (χ0) is 15.2. The lowest BCUT2D eigenvalue weighted by Gasteiger charge is -2.23. The number of furan rings is 1. The summed E-state index contributed by atoms with van der Waals surface area (Å²) in [7, 11) is 1.91. The molecule has 112 valence electrons. The van der Waals surface area contributed by atoms with Gasteiger partial charge < -0.3 is 9.73 Å². The molecule has 0 aliphatic heterocycles. The highest BCUT2D eigenvalue weighted by molar-refractivity contribution is 7.98. The molecule has 0 saturated heterocycles. The molecule has 0 fully saturated rings. The van der Waals surface area contributed by atoms with Crippen LogP contribution in [0.15, 0.2) is 52.0 Å². The third-order valence-corrected chi connectivity index (χ3v) is 4.19. The molecule has 4 nitrogen and oxygen atoms in total. The minimum absolute atomic E-state index is 0.0226. The van der Waals surface area contributed by atoms with Crippen LogP contribution in [0.1, 0.15) is 12.7 Å². The lowest BCUT2D eigenvalue weighted by atomic mass is 10.2. The maximum absolute atomic E-state index is 12.4.